The zero-order valence-electron chi connectivity index (χ0n) is 13.3. The van der Waals surface area contributed by atoms with Crippen LogP contribution in [0.2, 0.25) is 0 Å². The molecule has 0 bridgehead atoms. The molecule has 0 spiro atoms. The van der Waals surface area contributed by atoms with Crippen molar-refractivity contribution in [3.05, 3.63) is 5.82 Å². The van der Waals surface area contributed by atoms with Gasteiger partial charge in [-0.15, -0.1) is 0 Å². The van der Waals surface area contributed by atoms with E-state index < -0.39 is 0 Å². The molecule has 22 heavy (non-hydrogen) atoms. The number of anilines is 1. The minimum Gasteiger partial charge on any atom is -0.347 e. The molecular weight excluding hydrogens is 316 g/mol. The SMILES string of the molecule is CC(C)c1nsc(N2CCC(C(=O)N3CCSCC3)CC2)n1. The molecule has 2 fully saturated rings. The minimum absolute atomic E-state index is 0.205. The third-order valence-electron chi connectivity index (χ3n) is 4.38. The summed E-state index contributed by atoms with van der Waals surface area (Å²) < 4.78 is 4.43. The Kier molecular flexibility index (Phi) is 5.23. The monoisotopic (exact) mass is 340 g/mol. The molecule has 0 aromatic carbocycles. The first-order chi connectivity index (χ1) is 10.6. The van der Waals surface area contributed by atoms with Gasteiger partial charge in [0.2, 0.25) is 11.0 Å². The maximum absolute atomic E-state index is 12.6. The quantitative estimate of drug-likeness (QED) is 0.846. The molecule has 0 atom stereocenters. The number of piperidine rings is 1. The van der Waals surface area contributed by atoms with Gasteiger partial charge in [-0.2, -0.15) is 16.1 Å². The van der Waals surface area contributed by atoms with Crippen molar-refractivity contribution in [2.75, 3.05) is 42.6 Å². The van der Waals surface area contributed by atoms with Crippen molar-refractivity contribution in [1.82, 2.24) is 14.3 Å². The van der Waals surface area contributed by atoms with Crippen LogP contribution in [0.1, 0.15) is 38.4 Å². The molecule has 0 saturated carbocycles. The molecule has 2 saturated heterocycles. The second-order valence-electron chi connectivity index (χ2n) is 6.29. The van der Waals surface area contributed by atoms with Gasteiger partial charge in [0, 0.05) is 61.1 Å². The highest BCUT2D eigenvalue weighted by molar-refractivity contribution is 7.99. The summed E-state index contributed by atoms with van der Waals surface area (Å²) in [6, 6.07) is 0. The van der Waals surface area contributed by atoms with Gasteiger partial charge in [0.05, 0.1) is 0 Å². The fourth-order valence-corrected chi connectivity index (χ4v) is 4.71. The van der Waals surface area contributed by atoms with Crippen LogP contribution in [0, 0.1) is 5.92 Å². The summed E-state index contributed by atoms with van der Waals surface area (Å²) in [6.07, 6.45) is 1.89. The molecule has 0 aliphatic carbocycles. The normalized spacial score (nSPS) is 20.7. The highest BCUT2D eigenvalue weighted by atomic mass is 32.2. The molecule has 1 aromatic heterocycles. The molecule has 2 aliphatic rings. The number of carbonyl (C=O) groups is 1. The fraction of sp³-hybridized carbons (Fsp3) is 0.800. The van der Waals surface area contributed by atoms with Crippen molar-refractivity contribution in [3.63, 3.8) is 0 Å². The van der Waals surface area contributed by atoms with E-state index in [-0.39, 0.29) is 5.92 Å². The van der Waals surface area contributed by atoms with Crippen LogP contribution in [0.3, 0.4) is 0 Å². The van der Waals surface area contributed by atoms with Crippen LogP contribution < -0.4 is 4.90 Å². The Morgan fingerprint density at radius 1 is 1.18 bits per heavy atom. The first kappa shape index (κ1) is 16.1. The summed E-state index contributed by atoms with van der Waals surface area (Å²) in [6.45, 7) is 7.94. The van der Waals surface area contributed by atoms with E-state index in [0.717, 1.165) is 61.5 Å². The van der Waals surface area contributed by atoms with Crippen LogP contribution in [-0.2, 0) is 4.79 Å². The van der Waals surface area contributed by atoms with E-state index >= 15 is 0 Å². The molecular formula is C15H24N4OS2. The van der Waals surface area contributed by atoms with E-state index in [1.807, 2.05) is 11.8 Å². The van der Waals surface area contributed by atoms with Gasteiger partial charge in [-0.25, -0.2) is 4.98 Å². The molecule has 122 valence electrons. The smallest absolute Gasteiger partial charge is 0.225 e. The Bertz CT molecular complexity index is 505. The van der Waals surface area contributed by atoms with Gasteiger partial charge in [-0.3, -0.25) is 4.79 Å². The topological polar surface area (TPSA) is 49.3 Å². The third-order valence-corrected chi connectivity index (χ3v) is 6.12. The second kappa shape index (κ2) is 7.17. The largest absolute Gasteiger partial charge is 0.347 e. The number of hydrogen-bond acceptors (Lipinski definition) is 6. The van der Waals surface area contributed by atoms with Crippen LogP contribution in [0.5, 0.6) is 0 Å². The average Bonchev–Trinajstić information content (AvgIpc) is 3.05. The van der Waals surface area contributed by atoms with Gasteiger partial charge >= 0.3 is 0 Å². The summed E-state index contributed by atoms with van der Waals surface area (Å²) in [5.74, 6) is 4.07. The standard InChI is InChI=1S/C15H24N4OS2/c1-11(2)13-16-15(22-17-13)19-5-3-12(4-6-19)14(20)18-7-9-21-10-8-18/h11-12H,3-10H2,1-2H3. The highest BCUT2D eigenvalue weighted by Crippen LogP contribution is 2.27. The lowest BCUT2D eigenvalue weighted by Gasteiger charge is -2.35. The van der Waals surface area contributed by atoms with E-state index in [1.54, 1.807) is 0 Å². The summed E-state index contributed by atoms with van der Waals surface area (Å²) in [5, 5.41) is 1.02. The van der Waals surface area contributed by atoms with Crippen molar-refractivity contribution < 1.29 is 4.79 Å². The number of aromatic nitrogens is 2. The molecule has 0 radical (unpaired) electrons. The molecule has 5 nitrogen and oxygen atoms in total. The van der Waals surface area contributed by atoms with Crippen molar-refractivity contribution >= 4 is 34.3 Å². The zero-order chi connectivity index (χ0) is 15.5. The second-order valence-corrected chi connectivity index (χ2v) is 8.24. The Labute approximate surface area is 140 Å². The summed E-state index contributed by atoms with van der Waals surface area (Å²) in [7, 11) is 0. The Hall–Kier alpha value is -0.820. The van der Waals surface area contributed by atoms with E-state index in [1.165, 1.54) is 11.5 Å². The lowest BCUT2D eigenvalue weighted by molar-refractivity contribution is -0.135. The maximum atomic E-state index is 12.6. The van der Waals surface area contributed by atoms with E-state index in [9.17, 15) is 4.79 Å². The van der Waals surface area contributed by atoms with Crippen molar-refractivity contribution in [2.45, 2.75) is 32.6 Å². The molecule has 1 amide bonds. The van der Waals surface area contributed by atoms with E-state index in [2.05, 4.69) is 33.0 Å². The van der Waals surface area contributed by atoms with Gasteiger partial charge in [-0.1, -0.05) is 13.8 Å². The van der Waals surface area contributed by atoms with Gasteiger partial charge in [0.25, 0.3) is 0 Å². The Balaban J connectivity index is 1.54. The summed E-state index contributed by atoms with van der Waals surface area (Å²) >= 11 is 3.44. The average molecular weight is 341 g/mol. The Morgan fingerprint density at radius 3 is 2.45 bits per heavy atom. The minimum atomic E-state index is 0.205. The number of thioether (sulfide) groups is 1. The number of nitrogens with zero attached hydrogens (tertiary/aromatic N) is 4. The van der Waals surface area contributed by atoms with Crippen LogP contribution in [-0.4, -0.2) is 57.8 Å². The molecule has 0 N–H and O–H groups in total. The first-order valence-electron chi connectivity index (χ1n) is 8.10. The van der Waals surface area contributed by atoms with Crippen LogP contribution >= 0.6 is 23.3 Å². The highest BCUT2D eigenvalue weighted by Gasteiger charge is 2.30. The van der Waals surface area contributed by atoms with Gasteiger partial charge in [0.1, 0.15) is 5.82 Å². The van der Waals surface area contributed by atoms with Crippen LogP contribution in [0.25, 0.3) is 0 Å². The lowest BCUT2D eigenvalue weighted by atomic mass is 9.95. The number of amides is 1. The van der Waals surface area contributed by atoms with Crippen molar-refractivity contribution in [2.24, 2.45) is 5.92 Å². The van der Waals surface area contributed by atoms with Crippen LogP contribution in [0.15, 0.2) is 0 Å². The molecule has 3 heterocycles. The molecule has 0 unspecified atom stereocenters. The third kappa shape index (κ3) is 3.56. The molecule has 7 heteroatoms. The fourth-order valence-electron chi connectivity index (χ4n) is 2.95. The van der Waals surface area contributed by atoms with Gasteiger partial charge in [0.15, 0.2) is 0 Å². The maximum Gasteiger partial charge on any atom is 0.225 e. The van der Waals surface area contributed by atoms with Crippen molar-refractivity contribution in [1.29, 1.82) is 0 Å². The molecule has 3 rings (SSSR count). The number of hydrogen-bond donors (Lipinski definition) is 0. The zero-order valence-corrected chi connectivity index (χ0v) is 15.0. The predicted octanol–water partition coefficient (Wildman–Crippen LogP) is 2.45. The Morgan fingerprint density at radius 2 is 1.86 bits per heavy atom. The number of rotatable bonds is 3. The van der Waals surface area contributed by atoms with E-state index in [0.29, 0.717) is 11.8 Å². The van der Waals surface area contributed by atoms with Crippen molar-refractivity contribution in [3.8, 4) is 0 Å². The summed E-state index contributed by atoms with van der Waals surface area (Å²) in [5.41, 5.74) is 0. The van der Waals surface area contributed by atoms with Gasteiger partial charge < -0.3 is 9.80 Å². The van der Waals surface area contributed by atoms with E-state index in [4.69, 9.17) is 0 Å². The number of carbonyl (C=O) groups excluding carboxylic acids is 1. The first-order valence-corrected chi connectivity index (χ1v) is 10.0. The molecule has 2 aliphatic heterocycles. The van der Waals surface area contributed by atoms with Gasteiger partial charge in [-0.05, 0) is 12.8 Å². The molecule has 1 aromatic rings. The lowest BCUT2D eigenvalue weighted by Crippen LogP contribution is -2.45. The predicted molar refractivity (Wildman–Crippen MR) is 92.8 cm³/mol. The summed E-state index contributed by atoms with van der Waals surface area (Å²) in [4.78, 5) is 21.6. The van der Waals surface area contributed by atoms with Crippen LogP contribution in [0.4, 0.5) is 5.13 Å².